The molecule has 0 spiro atoms. The van der Waals surface area contributed by atoms with Crippen molar-refractivity contribution in [3.63, 3.8) is 0 Å². The second-order valence-corrected chi connectivity index (χ2v) is 5.13. The van der Waals surface area contributed by atoms with Crippen molar-refractivity contribution < 1.29 is 13.2 Å². The van der Waals surface area contributed by atoms with E-state index in [0.717, 1.165) is 17.3 Å². The van der Waals surface area contributed by atoms with Crippen molar-refractivity contribution in [2.45, 2.75) is 20.0 Å². The molecule has 6 heteroatoms. The van der Waals surface area contributed by atoms with Crippen LogP contribution in [0.5, 0.6) is 0 Å². The van der Waals surface area contributed by atoms with Crippen LogP contribution in [0.1, 0.15) is 16.8 Å². The maximum absolute atomic E-state index is 13.3. The van der Waals surface area contributed by atoms with E-state index in [9.17, 15) is 13.2 Å². The van der Waals surface area contributed by atoms with Crippen molar-refractivity contribution in [3.05, 3.63) is 40.2 Å². The maximum atomic E-state index is 13.3. The lowest BCUT2D eigenvalue weighted by atomic mass is 10.0. The number of hydrogen-bond donors (Lipinski definition) is 1. The van der Waals surface area contributed by atoms with Gasteiger partial charge in [0.15, 0.2) is 0 Å². The van der Waals surface area contributed by atoms with Crippen LogP contribution in [0.4, 0.5) is 13.2 Å². The first kappa shape index (κ1) is 13.2. The number of halogens is 4. The van der Waals surface area contributed by atoms with Crippen LogP contribution >= 0.6 is 11.6 Å². The van der Waals surface area contributed by atoms with E-state index in [1.54, 1.807) is 19.1 Å². The van der Waals surface area contributed by atoms with E-state index in [1.807, 2.05) is 6.92 Å². The van der Waals surface area contributed by atoms with Gasteiger partial charge in [-0.2, -0.15) is 13.2 Å². The molecule has 0 aliphatic carbocycles. The average molecular weight is 299 g/mol. The standard InChI is InChI=1S/C14H10ClF3N2/c1-6-7(2)19-9-3-4-10-13(12(6)9)8(14(16,17)18)5-11(15)20-10/h3-5,19H,1-2H3. The molecule has 0 radical (unpaired) electrons. The van der Waals surface area contributed by atoms with Gasteiger partial charge < -0.3 is 4.98 Å². The van der Waals surface area contributed by atoms with Crippen molar-refractivity contribution in [2.24, 2.45) is 0 Å². The zero-order valence-electron chi connectivity index (χ0n) is 10.7. The molecule has 0 saturated carbocycles. The van der Waals surface area contributed by atoms with Gasteiger partial charge in [-0.05, 0) is 37.6 Å². The number of H-pyrrole nitrogens is 1. The van der Waals surface area contributed by atoms with Gasteiger partial charge in [0.1, 0.15) is 5.15 Å². The Bertz CT molecular complexity index is 834. The lowest BCUT2D eigenvalue weighted by Crippen LogP contribution is -2.07. The molecule has 2 nitrogen and oxygen atoms in total. The molecule has 2 heterocycles. The molecule has 0 atom stereocenters. The number of alkyl halides is 3. The highest BCUT2D eigenvalue weighted by Gasteiger charge is 2.34. The normalized spacial score (nSPS) is 12.5. The van der Waals surface area contributed by atoms with Gasteiger partial charge in [-0.3, -0.25) is 0 Å². The third kappa shape index (κ3) is 1.85. The summed E-state index contributed by atoms with van der Waals surface area (Å²) in [7, 11) is 0. The number of pyridine rings is 1. The molecule has 0 aliphatic rings. The zero-order valence-corrected chi connectivity index (χ0v) is 11.4. The molecule has 0 amide bonds. The fourth-order valence-corrected chi connectivity index (χ4v) is 2.70. The summed E-state index contributed by atoms with van der Waals surface area (Å²) in [6.45, 7) is 3.63. The van der Waals surface area contributed by atoms with E-state index in [-0.39, 0.29) is 16.1 Å². The first-order valence-electron chi connectivity index (χ1n) is 5.94. The summed E-state index contributed by atoms with van der Waals surface area (Å²) in [5, 5.41) is 0.492. The number of fused-ring (bicyclic) bond motifs is 3. The van der Waals surface area contributed by atoms with Crippen molar-refractivity contribution >= 4 is 33.4 Å². The molecule has 0 saturated heterocycles. The quantitative estimate of drug-likeness (QED) is 0.581. The van der Waals surface area contributed by atoms with E-state index >= 15 is 0 Å². The molecule has 0 aliphatic heterocycles. The van der Waals surface area contributed by atoms with Gasteiger partial charge in [-0.25, -0.2) is 4.98 Å². The van der Waals surface area contributed by atoms with E-state index in [2.05, 4.69) is 9.97 Å². The number of nitrogens with one attached hydrogen (secondary N) is 1. The van der Waals surface area contributed by atoms with Crippen LogP contribution in [-0.2, 0) is 6.18 Å². The summed E-state index contributed by atoms with van der Waals surface area (Å²) in [6, 6.07) is 4.15. The number of aromatic amines is 1. The number of hydrogen-bond acceptors (Lipinski definition) is 1. The lowest BCUT2D eigenvalue weighted by molar-refractivity contribution is -0.136. The Morgan fingerprint density at radius 1 is 1.15 bits per heavy atom. The van der Waals surface area contributed by atoms with Gasteiger partial charge in [0, 0.05) is 22.0 Å². The van der Waals surface area contributed by atoms with Crippen LogP contribution in [0.3, 0.4) is 0 Å². The van der Waals surface area contributed by atoms with Gasteiger partial charge >= 0.3 is 6.18 Å². The summed E-state index contributed by atoms with van der Waals surface area (Å²) in [6.07, 6.45) is -4.48. The molecule has 1 N–H and O–H groups in total. The summed E-state index contributed by atoms with van der Waals surface area (Å²) in [4.78, 5) is 7.09. The first-order valence-corrected chi connectivity index (χ1v) is 6.32. The molecule has 20 heavy (non-hydrogen) atoms. The van der Waals surface area contributed by atoms with E-state index < -0.39 is 11.7 Å². The van der Waals surface area contributed by atoms with Crippen LogP contribution in [0.2, 0.25) is 5.15 Å². The molecule has 3 rings (SSSR count). The predicted octanol–water partition coefficient (Wildman–Crippen LogP) is 5.01. The number of benzene rings is 1. The third-order valence-corrected chi connectivity index (χ3v) is 3.70. The molecule has 3 aromatic rings. The van der Waals surface area contributed by atoms with Crippen molar-refractivity contribution in [1.29, 1.82) is 0 Å². The minimum atomic E-state index is -4.48. The monoisotopic (exact) mass is 298 g/mol. The van der Waals surface area contributed by atoms with Gasteiger partial charge in [0.2, 0.25) is 0 Å². The van der Waals surface area contributed by atoms with E-state index in [1.165, 1.54) is 0 Å². The van der Waals surface area contributed by atoms with Gasteiger partial charge in [0.25, 0.3) is 0 Å². The molecule has 2 aromatic heterocycles. The Kier molecular flexibility index (Phi) is 2.73. The molecule has 0 fully saturated rings. The second kappa shape index (κ2) is 4.12. The highest BCUT2D eigenvalue weighted by atomic mass is 35.5. The fourth-order valence-electron chi connectivity index (χ4n) is 2.50. The van der Waals surface area contributed by atoms with Crippen molar-refractivity contribution in [3.8, 4) is 0 Å². The summed E-state index contributed by atoms with van der Waals surface area (Å²) in [5.74, 6) is 0. The van der Waals surface area contributed by atoms with Crippen LogP contribution in [0, 0.1) is 13.8 Å². The van der Waals surface area contributed by atoms with Crippen molar-refractivity contribution in [2.75, 3.05) is 0 Å². The topological polar surface area (TPSA) is 28.7 Å². The average Bonchev–Trinajstić information content (AvgIpc) is 2.63. The molecule has 104 valence electrons. The van der Waals surface area contributed by atoms with Gasteiger partial charge in [-0.15, -0.1) is 0 Å². The Labute approximate surface area is 117 Å². The Hall–Kier alpha value is -1.75. The summed E-state index contributed by atoms with van der Waals surface area (Å²) >= 11 is 5.71. The van der Waals surface area contributed by atoms with Crippen LogP contribution < -0.4 is 0 Å². The number of aromatic nitrogens is 2. The third-order valence-electron chi connectivity index (χ3n) is 3.51. The highest BCUT2D eigenvalue weighted by Crippen LogP contribution is 2.40. The van der Waals surface area contributed by atoms with Crippen molar-refractivity contribution in [1.82, 2.24) is 9.97 Å². The largest absolute Gasteiger partial charge is 0.417 e. The molecular weight excluding hydrogens is 289 g/mol. The zero-order chi connectivity index (χ0) is 14.7. The van der Waals surface area contributed by atoms with E-state index in [4.69, 9.17) is 11.6 Å². The maximum Gasteiger partial charge on any atom is 0.417 e. The van der Waals surface area contributed by atoms with Gasteiger partial charge in [-0.1, -0.05) is 11.6 Å². The second-order valence-electron chi connectivity index (χ2n) is 4.75. The summed E-state index contributed by atoms with van der Waals surface area (Å²) < 4.78 is 39.8. The molecule has 0 unspecified atom stereocenters. The lowest BCUT2D eigenvalue weighted by Gasteiger charge is -2.12. The van der Waals surface area contributed by atoms with Crippen LogP contribution in [-0.4, -0.2) is 9.97 Å². The smallest absolute Gasteiger partial charge is 0.358 e. The van der Waals surface area contributed by atoms with Gasteiger partial charge in [0.05, 0.1) is 11.1 Å². The molecule has 1 aromatic carbocycles. The van der Waals surface area contributed by atoms with E-state index in [0.29, 0.717) is 10.9 Å². The first-order chi connectivity index (χ1) is 9.29. The minimum absolute atomic E-state index is 0.0984. The number of aryl methyl sites for hydroxylation is 2. The molecule has 0 bridgehead atoms. The minimum Gasteiger partial charge on any atom is -0.358 e. The highest BCUT2D eigenvalue weighted by molar-refractivity contribution is 6.30. The Morgan fingerprint density at radius 3 is 2.50 bits per heavy atom. The number of rotatable bonds is 0. The number of nitrogens with zero attached hydrogens (tertiary/aromatic N) is 1. The Morgan fingerprint density at radius 2 is 1.85 bits per heavy atom. The Balaban J connectivity index is 2.61. The molecular formula is C14H10ClF3N2. The SMILES string of the molecule is Cc1[nH]c2ccc3nc(Cl)cc(C(F)(F)F)c3c2c1C. The van der Waals surface area contributed by atoms with Crippen LogP contribution in [0.25, 0.3) is 21.8 Å². The summed E-state index contributed by atoms with van der Waals surface area (Å²) in [5.41, 5.74) is 1.80. The fraction of sp³-hybridized carbons (Fsp3) is 0.214. The van der Waals surface area contributed by atoms with Crippen LogP contribution in [0.15, 0.2) is 18.2 Å². The predicted molar refractivity (Wildman–Crippen MR) is 73.1 cm³/mol.